The second-order valence-corrected chi connectivity index (χ2v) is 7.98. The molecule has 0 saturated carbocycles. The standard InChI is InChI=1S/C26H40O4/c1-2-3-4-5-6-7-8-9-10-11-12-13-14-15-19-22-24(27)25(30-26(28)29)23-20-17-16-18-21-23/h9-10,16-18,20-21,25H,2-8,11-15,19,22H2,1H3,(H,28,29). The Balaban J connectivity index is 2.06. The van der Waals surface area contributed by atoms with Crippen molar-refractivity contribution in [1.29, 1.82) is 0 Å². The van der Waals surface area contributed by atoms with Gasteiger partial charge in [0.05, 0.1) is 0 Å². The van der Waals surface area contributed by atoms with Gasteiger partial charge in [-0.15, -0.1) is 0 Å². The zero-order chi connectivity index (χ0) is 21.9. The number of hydrogen-bond donors (Lipinski definition) is 1. The lowest BCUT2D eigenvalue weighted by Crippen LogP contribution is -2.18. The molecule has 1 unspecified atom stereocenters. The normalized spacial score (nSPS) is 12.2. The summed E-state index contributed by atoms with van der Waals surface area (Å²) in [6.45, 7) is 2.25. The number of carboxylic acid groups (broad SMARTS) is 1. The summed E-state index contributed by atoms with van der Waals surface area (Å²) in [4.78, 5) is 23.3. The molecule has 1 aromatic rings. The Morgan fingerprint density at radius 1 is 0.833 bits per heavy atom. The van der Waals surface area contributed by atoms with Gasteiger partial charge in [0.15, 0.2) is 11.9 Å². The maximum Gasteiger partial charge on any atom is 0.506 e. The molecule has 0 radical (unpaired) electrons. The summed E-state index contributed by atoms with van der Waals surface area (Å²) >= 11 is 0. The van der Waals surface area contributed by atoms with E-state index in [1.165, 1.54) is 57.8 Å². The van der Waals surface area contributed by atoms with Crippen molar-refractivity contribution in [1.82, 2.24) is 0 Å². The van der Waals surface area contributed by atoms with Gasteiger partial charge < -0.3 is 9.84 Å². The molecule has 1 aromatic carbocycles. The molecular formula is C26H40O4. The molecule has 1 atom stereocenters. The van der Waals surface area contributed by atoms with Crippen molar-refractivity contribution in [3.8, 4) is 0 Å². The van der Waals surface area contributed by atoms with E-state index in [9.17, 15) is 9.59 Å². The zero-order valence-electron chi connectivity index (χ0n) is 18.7. The minimum Gasteiger partial charge on any atom is -0.450 e. The van der Waals surface area contributed by atoms with E-state index in [4.69, 9.17) is 9.84 Å². The molecule has 0 aliphatic heterocycles. The van der Waals surface area contributed by atoms with Crippen LogP contribution in [0.4, 0.5) is 4.79 Å². The summed E-state index contributed by atoms with van der Waals surface area (Å²) in [6.07, 6.45) is 18.2. The first-order valence-corrected chi connectivity index (χ1v) is 11.8. The molecule has 0 aromatic heterocycles. The van der Waals surface area contributed by atoms with Crippen LogP contribution in [-0.2, 0) is 9.53 Å². The van der Waals surface area contributed by atoms with Crippen molar-refractivity contribution in [2.75, 3.05) is 0 Å². The third kappa shape index (κ3) is 13.2. The highest BCUT2D eigenvalue weighted by molar-refractivity contribution is 5.85. The fourth-order valence-electron chi connectivity index (χ4n) is 3.55. The van der Waals surface area contributed by atoms with E-state index >= 15 is 0 Å². The summed E-state index contributed by atoms with van der Waals surface area (Å²) in [5.41, 5.74) is 0.595. The van der Waals surface area contributed by atoms with E-state index in [2.05, 4.69) is 19.1 Å². The number of rotatable bonds is 18. The predicted octanol–water partition coefficient (Wildman–Crippen LogP) is 8.03. The number of carbonyl (C=O) groups excluding carboxylic acids is 1. The smallest absolute Gasteiger partial charge is 0.450 e. The molecule has 4 heteroatoms. The Kier molecular flexibility index (Phi) is 15.3. The number of carbonyl (C=O) groups is 2. The van der Waals surface area contributed by atoms with Crippen molar-refractivity contribution in [3.63, 3.8) is 0 Å². The van der Waals surface area contributed by atoms with Crippen LogP contribution < -0.4 is 0 Å². The monoisotopic (exact) mass is 416 g/mol. The highest BCUT2D eigenvalue weighted by Gasteiger charge is 2.23. The SMILES string of the molecule is CCCCCCCCC=CCCCCCCCC(=O)C(OC(=O)O)c1ccccc1. The molecule has 1 N–H and O–H groups in total. The lowest BCUT2D eigenvalue weighted by atomic mass is 10.0. The van der Waals surface area contributed by atoms with E-state index in [0.717, 1.165) is 25.7 Å². The third-order valence-corrected chi connectivity index (χ3v) is 5.30. The summed E-state index contributed by atoms with van der Waals surface area (Å²) in [5, 5.41) is 8.92. The van der Waals surface area contributed by atoms with Gasteiger partial charge in [-0.1, -0.05) is 101 Å². The van der Waals surface area contributed by atoms with E-state index < -0.39 is 12.3 Å². The van der Waals surface area contributed by atoms with Crippen LogP contribution in [-0.4, -0.2) is 17.0 Å². The Hall–Kier alpha value is -2.10. The van der Waals surface area contributed by atoms with Crippen molar-refractivity contribution in [2.24, 2.45) is 0 Å². The van der Waals surface area contributed by atoms with Gasteiger partial charge in [0.2, 0.25) is 0 Å². The number of Topliss-reactive ketones (excluding diaryl/α,β-unsaturated/α-hetero) is 1. The largest absolute Gasteiger partial charge is 0.506 e. The molecule has 0 bridgehead atoms. The summed E-state index contributed by atoms with van der Waals surface area (Å²) in [5.74, 6) is -0.166. The highest BCUT2D eigenvalue weighted by Crippen LogP contribution is 2.21. The van der Waals surface area contributed by atoms with Gasteiger partial charge in [0.25, 0.3) is 0 Å². The van der Waals surface area contributed by atoms with Crippen LogP contribution in [0.25, 0.3) is 0 Å². The molecule has 30 heavy (non-hydrogen) atoms. The molecule has 0 amide bonds. The van der Waals surface area contributed by atoms with Crippen LogP contribution in [0.3, 0.4) is 0 Å². The van der Waals surface area contributed by atoms with E-state index in [1.807, 2.05) is 6.07 Å². The number of benzene rings is 1. The maximum atomic E-state index is 12.4. The van der Waals surface area contributed by atoms with Crippen molar-refractivity contribution < 1.29 is 19.4 Å². The molecule has 0 saturated heterocycles. The minimum absolute atomic E-state index is 0.166. The van der Waals surface area contributed by atoms with Crippen LogP contribution in [0, 0.1) is 0 Å². The zero-order valence-corrected chi connectivity index (χ0v) is 18.7. The first kappa shape index (κ1) is 25.9. The van der Waals surface area contributed by atoms with E-state index in [1.54, 1.807) is 24.3 Å². The Bertz CT molecular complexity index is 594. The number of allylic oxidation sites excluding steroid dienone is 2. The molecule has 4 nitrogen and oxygen atoms in total. The lowest BCUT2D eigenvalue weighted by molar-refractivity contribution is -0.128. The molecule has 0 fully saturated rings. The average Bonchev–Trinajstić information content (AvgIpc) is 2.75. The Morgan fingerprint density at radius 3 is 1.93 bits per heavy atom. The van der Waals surface area contributed by atoms with Crippen LogP contribution in [0.5, 0.6) is 0 Å². The van der Waals surface area contributed by atoms with Crippen LogP contribution in [0.1, 0.15) is 108 Å². The second kappa shape index (κ2) is 17.7. The molecule has 0 aliphatic rings. The first-order chi connectivity index (χ1) is 14.6. The van der Waals surface area contributed by atoms with Gasteiger partial charge in [-0.2, -0.15) is 0 Å². The molecule has 0 spiro atoms. The molecule has 168 valence electrons. The number of hydrogen-bond acceptors (Lipinski definition) is 3. The third-order valence-electron chi connectivity index (χ3n) is 5.30. The number of unbranched alkanes of at least 4 members (excludes halogenated alkanes) is 11. The van der Waals surface area contributed by atoms with Crippen molar-refractivity contribution in [2.45, 2.75) is 103 Å². The Morgan fingerprint density at radius 2 is 1.37 bits per heavy atom. The van der Waals surface area contributed by atoms with Crippen LogP contribution in [0.2, 0.25) is 0 Å². The van der Waals surface area contributed by atoms with E-state index in [0.29, 0.717) is 12.0 Å². The average molecular weight is 417 g/mol. The second-order valence-electron chi connectivity index (χ2n) is 7.98. The number of ether oxygens (including phenoxy) is 1. The fraction of sp³-hybridized carbons (Fsp3) is 0.615. The van der Waals surface area contributed by atoms with E-state index in [-0.39, 0.29) is 5.78 Å². The molecule has 0 aliphatic carbocycles. The molecule has 1 rings (SSSR count). The van der Waals surface area contributed by atoms with Gasteiger partial charge in [-0.3, -0.25) is 4.79 Å². The molecule has 0 heterocycles. The van der Waals surface area contributed by atoms with Gasteiger partial charge in [0.1, 0.15) is 0 Å². The van der Waals surface area contributed by atoms with Gasteiger partial charge in [-0.25, -0.2) is 4.79 Å². The van der Waals surface area contributed by atoms with Crippen molar-refractivity contribution >= 4 is 11.9 Å². The van der Waals surface area contributed by atoms with Crippen molar-refractivity contribution in [3.05, 3.63) is 48.0 Å². The number of ketones is 1. The lowest BCUT2D eigenvalue weighted by Gasteiger charge is -2.15. The topological polar surface area (TPSA) is 63.6 Å². The quantitative estimate of drug-likeness (QED) is 0.149. The summed E-state index contributed by atoms with van der Waals surface area (Å²) in [7, 11) is 0. The van der Waals surface area contributed by atoms with Gasteiger partial charge in [0, 0.05) is 12.0 Å². The van der Waals surface area contributed by atoms with Gasteiger partial charge >= 0.3 is 6.16 Å². The van der Waals surface area contributed by atoms with Crippen LogP contribution in [0.15, 0.2) is 42.5 Å². The highest BCUT2D eigenvalue weighted by atomic mass is 16.7. The Labute approximate surface area is 182 Å². The minimum atomic E-state index is -1.42. The maximum absolute atomic E-state index is 12.4. The fourth-order valence-corrected chi connectivity index (χ4v) is 3.55. The summed E-state index contributed by atoms with van der Waals surface area (Å²) < 4.78 is 4.83. The van der Waals surface area contributed by atoms with Crippen LogP contribution >= 0.6 is 0 Å². The predicted molar refractivity (Wildman–Crippen MR) is 123 cm³/mol. The van der Waals surface area contributed by atoms with Gasteiger partial charge in [-0.05, 0) is 32.1 Å². The first-order valence-electron chi connectivity index (χ1n) is 11.8. The summed E-state index contributed by atoms with van der Waals surface area (Å²) in [6, 6.07) is 8.85. The molecular weight excluding hydrogens is 376 g/mol.